The number of aryl methyl sites for hydroxylation is 1. The molecule has 0 radical (unpaired) electrons. The Balaban J connectivity index is 1.90. The maximum atomic E-state index is 13.1. The van der Waals surface area contributed by atoms with Gasteiger partial charge in [-0.25, -0.2) is 9.18 Å². The normalized spacial score (nSPS) is 16.4. The molecule has 0 fully saturated rings. The van der Waals surface area contributed by atoms with Crippen molar-refractivity contribution in [2.24, 2.45) is 0 Å². The fraction of sp³-hybridized carbons (Fsp3) is 0.389. The van der Waals surface area contributed by atoms with E-state index < -0.39 is 23.2 Å². The molecule has 1 aromatic heterocycles. The molecule has 0 bridgehead atoms. The van der Waals surface area contributed by atoms with Crippen LogP contribution in [-0.4, -0.2) is 22.1 Å². The van der Waals surface area contributed by atoms with Gasteiger partial charge in [-0.3, -0.25) is 4.79 Å². The van der Waals surface area contributed by atoms with E-state index in [1.54, 1.807) is 0 Å². The Kier molecular flexibility index (Phi) is 4.57. The van der Waals surface area contributed by atoms with Crippen molar-refractivity contribution < 1.29 is 23.6 Å². The van der Waals surface area contributed by atoms with Crippen LogP contribution in [0.1, 0.15) is 53.6 Å². The molecule has 7 heteroatoms. The third-order valence-electron chi connectivity index (χ3n) is 4.63. The van der Waals surface area contributed by atoms with Crippen LogP contribution in [-0.2, 0) is 23.2 Å². The molecule has 3 rings (SSSR count). The number of hydrogen-bond acceptors (Lipinski definition) is 4. The van der Waals surface area contributed by atoms with Crippen molar-refractivity contribution in [3.63, 3.8) is 0 Å². The first-order valence-corrected chi connectivity index (χ1v) is 8.21. The second-order valence-electron chi connectivity index (χ2n) is 6.38. The van der Waals surface area contributed by atoms with E-state index in [1.165, 1.54) is 19.1 Å². The van der Waals surface area contributed by atoms with Crippen LogP contribution in [0.25, 0.3) is 0 Å². The topological polar surface area (TPSA) is 92.4 Å². The van der Waals surface area contributed by atoms with Crippen LogP contribution in [0.15, 0.2) is 28.8 Å². The number of aliphatic carboxylic acids is 1. The molecule has 2 aromatic rings. The van der Waals surface area contributed by atoms with Gasteiger partial charge in [0.05, 0.1) is 0 Å². The Labute approximate surface area is 144 Å². The number of aromatic nitrogens is 1. The molecule has 1 aliphatic rings. The predicted molar refractivity (Wildman–Crippen MR) is 86.6 cm³/mol. The highest BCUT2D eigenvalue weighted by molar-refractivity contribution is 5.97. The summed E-state index contributed by atoms with van der Waals surface area (Å²) >= 11 is 0. The number of carboxylic acids is 1. The number of hydrogen-bond donors (Lipinski definition) is 2. The van der Waals surface area contributed by atoms with Crippen LogP contribution in [0.3, 0.4) is 0 Å². The number of carbonyl (C=O) groups is 2. The van der Waals surface area contributed by atoms with E-state index in [2.05, 4.69) is 10.5 Å². The fourth-order valence-corrected chi connectivity index (χ4v) is 3.06. The van der Waals surface area contributed by atoms with Crippen LogP contribution >= 0.6 is 0 Å². The molecule has 25 heavy (non-hydrogen) atoms. The van der Waals surface area contributed by atoms with Gasteiger partial charge >= 0.3 is 5.97 Å². The lowest BCUT2D eigenvalue weighted by atomic mass is 9.91. The number of nitrogens with one attached hydrogen (secondary N) is 1. The third-order valence-corrected chi connectivity index (χ3v) is 4.63. The van der Waals surface area contributed by atoms with Crippen molar-refractivity contribution in [1.29, 1.82) is 0 Å². The van der Waals surface area contributed by atoms with Crippen molar-refractivity contribution in [1.82, 2.24) is 10.5 Å². The van der Waals surface area contributed by atoms with Gasteiger partial charge in [-0.15, -0.1) is 0 Å². The van der Waals surface area contributed by atoms with Crippen molar-refractivity contribution in [3.05, 3.63) is 52.7 Å². The molecule has 1 unspecified atom stereocenters. The molecule has 1 atom stereocenters. The summed E-state index contributed by atoms with van der Waals surface area (Å²) < 4.78 is 18.4. The summed E-state index contributed by atoms with van der Waals surface area (Å²) in [6.07, 6.45) is 4.37. The number of amides is 1. The fourth-order valence-electron chi connectivity index (χ4n) is 3.06. The van der Waals surface area contributed by atoms with Gasteiger partial charge in [-0.05, 0) is 43.9 Å². The molecule has 6 nitrogen and oxygen atoms in total. The third kappa shape index (κ3) is 3.26. The van der Waals surface area contributed by atoms with Gasteiger partial charge in [0.1, 0.15) is 11.6 Å². The minimum atomic E-state index is -1.71. The minimum absolute atomic E-state index is 0.131. The summed E-state index contributed by atoms with van der Waals surface area (Å²) in [6.45, 7) is 1.36. The van der Waals surface area contributed by atoms with Crippen LogP contribution in [0, 0.1) is 5.82 Å². The van der Waals surface area contributed by atoms with Gasteiger partial charge in [0.25, 0.3) is 5.91 Å². The van der Waals surface area contributed by atoms with Gasteiger partial charge in [-0.1, -0.05) is 23.7 Å². The number of rotatable bonds is 4. The van der Waals surface area contributed by atoms with Gasteiger partial charge < -0.3 is 14.9 Å². The van der Waals surface area contributed by atoms with E-state index in [-0.39, 0.29) is 11.3 Å². The van der Waals surface area contributed by atoms with Crippen molar-refractivity contribution in [3.8, 4) is 0 Å². The van der Waals surface area contributed by atoms with Gasteiger partial charge in [0, 0.05) is 12.0 Å². The molecule has 0 aliphatic heterocycles. The van der Waals surface area contributed by atoms with Crippen LogP contribution in [0.5, 0.6) is 0 Å². The zero-order valence-electron chi connectivity index (χ0n) is 13.8. The van der Waals surface area contributed by atoms with E-state index in [4.69, 9.17) is 4.52 Å². The second-order valence-corrected chi connectivity index (χ2v) is 6.38. The molecule has 132 valence electrons. The smallest absolute Gasteiger partial charge is 0.333 e. The Morgan fingerprint density at radius 2 is 1.88 bits per heavy atom. The van der Waals surface area contributed by atoms with Gasteiger partial charge in [0.2, 0.25) is 0 Å². The highest BCUT2D eigenvalue weighted by Crippen LogP contribution is 2.26. The van der Waals surface area contributed by atoms with Crippen molar-refractivity contribution in [2.75, 3.05) is 0 Å². The Bertz CT molecular complexity index is 800. The van der Waals surface area contributed by atoms with Crippen molar-refractivity contribution >= 4 is 11.9 Å². The minimum Gasteiger partial charge on any atom is -0.479 e. The van der Waals surface area contributed by atoms with E-state index in [0.29, 0.717) is 12.2 Å². The summed E-state index contributed by atoms with van der Waals surface area (Å²) in [4.78, 5) is 24.5. The summed E-state index contributed by atoms with van der Waals surface area (Å²) in [7, 11) is 0. The molecule has 1 amide bonds. The molecule has 1 aliphatic carbocycles. The maximum Gasteiger partial charge on any atom is 0.333 e. The molecule has 1 aromatic carbocycles. The first kappa shape index (κ1) is 17.1. The summed E-state index contributed by atoms with van der Waals surface area (Å²) in [5, 5.41) is 16.0. The number of carbonyl (C=O) groups excluding carboxylic acids is 1. The Morgan fingerprint density at radius 1 is 1.20 bits per heavy atom. The molecular weight excluding hydrogens is 327 g/mol. The zero-order chi connectivity index (χ0) is 18.0. The zero-order valence-corrected chi connectivity index (χ0v) is 13.8. The molecular formula is C18H19FN2O4. The van der Waals surface area contributed by atoms with E-state index in [9.17, 15) is 19.1 Å². The Hall–Kier alpha value is -2.70. The van der Waals surface area contributed by atoms with Gasteiger partial charge in [-0.2, -0.15) is 0 Å². The lowest BCUT2D eigenvalue weighted by Crippen LogP contribution is -2.49. The van der Waals surface area contributed by atoms with Crippen LogP contribution in [0.4, 0.5) is 4.39 Å². The first-order chi connectivity index (χ1) is 11.9. The number of fused-ring (bicyclic) bond motifs is 1. The van der Waals surface area contributed by atoms with E-state index >= 15 is 0 Å². The molecule has 2 N–H and O–H groups in total. The van der Waals surface area contributed by atoms with Crippen molar-refractivity contribution in [2.45, 2.75) is 44.6 Å². The summed E-state index contributed by atoms with van der Waals surface area (Å²) in [6, 6.07) is 5.00. The number of benzene rings is 1. The number of halogens is 1. The lowest BCUT2D eigenvalue weighted by Gasteiger charge is -2.26. The monoisotopic (exact) mass is 346 g/mol. The van der Waals surface area contributed by atoms with E-state index in [1.807, 2.05) is 0 Å². The molecule has 0 spiro atoms. The standard InChI is InChI=1S/C18H19FN2O4/c1-18(17(23)24,11-7-9-12(19)10-8-11)20-16(22)15-13-5-3-2-4-6-14(13)25-21-15/h7-10H,2-6H2,1H3,(H,20,22)(H,23,24). The summed E-state index contributed by atoms with van der Waals surface area (Å²) in [5.74, 6) is -1.64. The quantitative estimate of drug-likeness (QED) is 0.831. The van der Waals surface area contributed by atoms with Crippen LogP contribution < -0.4 is 5.32 Å². The predicted octanol–water partition coefficient (Wildman–Crippen LogP) is 2.81. The SMILES string of the molecule is CC(NC(=O)c1noc2c1CCCCC2)(C(=O)O)c1ccc(F)cc1. The Morgan fingerprint density at radius 3 is 2.56 bits per heavy atom. The van der Waals surface area contributed by atoms with Crippen LogP contribution in [0.2, 0.25) is 0 Å². The first-order valence-electron chi connectivity index (χ1n) is 8.21. The average molecular weight is 346 g/mol. The number of nitrogens with zero attached hydrogens (tertiary/aromatic N) is 1. The molecule has 1 heterocycles. The van der Waals surface area contributed by atoms with E-state index in [0.717, 1.165) is 43.4 Å². The summed E-state index contributed by atoms with van der Waals surface area (Å²) in [5.41, 5.74) is -0.556. The lowest BCUT2D eigenvalue weighted by molar-refractivity contribution is -0.144. The maximum absolute atomic E-state index is 13.1. The largest absolute Gasteiger partial charge is 0.479 e. The van der Waals surface area contributed by atoms with Gasteiger partial charge in [0.15, 0.2) is 11.2 Å². The highest BCUT2D eigenvalue weighted by Gasteiger charge is 2.38. The number of carboxylic acid groups (broad SMARTS) is 1. The molecule has 0 saturated carbocycles. The molecule has 0 saturated heterocycles. The average Bonchev–Trinajstić information content (AvgIpc) is 2.84. The highest BCUT2D eigenvalue weighted by atomic mass is 19.1. The second kappa shape index (κ2) is 6.66.